The molecule has 0 bridgehead atoms. The van der Waals surface area contributed by atoms with Gasteiger partial charge in [0.2, 0.25) is 5.91 Å². The van der Waals surface area contributed by atoms with Gasteiger partial charge in [-0.15, -0.1) is 10.2 Å². The number of aromatic nitrogens is 3. The normalized spacial score (nSPS) is 15.5. The predicted octanol–water partition coefficient (Wildman–Crippen LogP) is 2.89. The molecule has 0 unspecified atom stereocenters. The zero-order valence-corrected chi connectivity index (χ0v) is 15.9. The quantitative estimate of drug-likeness (QED) is 0.798. The molecule has 0 saturated carbocycles. The minimum Gasteiger partial charge on any atom is -0.497 e. The standard InChI is InChI=1S/C20H28N4O2/c1-15(2)24-14-21-22-19(24)12-16-7-9-23(10-8-16)20(25)13-17-5-4-6-18(11-17)26-3/h4-6,11,14-16H,7-10,12-13H2,1-3H3. The van der Waals surface area contributed by atoms with Gasteiger partial charge in [-0.25, -0.2) is 0 Å². The molecule has 0 radical (unpaired) electrons. The number of hydrogen-bond acceptors (Lipinski definition) is 4. The molecule has 1 aromatic heterocycles. The van der Waals surface area contributed by atoms with E-state index in [0.717, 1.165) is 49.5 Å². The van der Waals surface area contributed by atoms with Crippen LogP contribution in [0.15, 0.2) is 30.6 Å². The fraction of sp³-hybridized carbons (Fsp3) is 0.550. The van der Waals surface area contributed by atoms with Crippen molar-refractivity contribution in [1.82, 2.24) is 19.7 Å². The highest BCUT2D eigenvalue weighted by Crippen LogP contribution is 2.23. The number of carbonyl (C=O) groups is 1. The highest BCUT2D eigenvalue weighted by atomic mass is 16.5. The van der Waals surface area contributed by atoms with Crippen LogP contribution in [-0.4, -0.2) is 45.8 Å². The molecule has 1 aromatic carbocycles. The van der Waals surface area contributed by atoms with Gasteiger partial charge < -0.3 is 14.2 Å². The van der Waals surface area contributed by atoms with Crippen LogP contribution in [0.5, 0.6) is 5.75 Å². The summed E-state index contributed by atoms with van der Waals surface area (Å²) in [5.41, 5.74) is 1.00. The van der Waals surface area contributed by atoms with Crippen LogP contribution in [0.25, 0.3) is 0 Å². The lowest BCUT2D eigenvalue weighted by molar-refractivity contribution is -0.131. The fourth-order valence-corrected chi connectivity index (χ4v) is 3.56. The van der Waals surface area contributed by atoms with Gasteiger partial charge in [0.05, 0.1) is 13.5 Å². The van der Waals surface area contributed by atoms with Crippen LogP contribution in [0.1, 0.15) is 44.1 Å². The number of hydrogen-bond donors (Lipinski definition) is 0. The van der Waals surface area contributed by atoms with E-state index in [2.05, 4.69) is 28.6 Å². The molecule has 1 fully saturated rings. The van der Waals surface area contributed by atoms with E-state index >= 15 is 0 Å². The van der Waals surface area contributed by atoms with E-state index < -0.39 is 0 Å². The number of ether oxygens (including phenoxy) is 1. The summed E-state index contributed by atoms with van der Waals surface area (Å²) in [6.45, 7) is 5.94. The summed E-state index contributed by atoms with van der Waals surface area (Å²) in [5, 5.41) is 8.33. The lowest BCUT2D eigenvalue weighted by Crippen LogP contribution is -2.39. The number of piperidine rings is 1. The van der Waals surface area contributed by atoms with Gasteiger partial charge in [0.25, 0.3) is 0 Å². The lowest BCUT2D eigenvalue weighted by Gasteiger charge is -2.32. The Morgan fingerprint density at radius 2 is 2.08 bits per heavy atom. The maximum absolute atomic E-state index is 12.6. The van der Waals surface area contributed by atoms with Crippen molar-refractivity contribution >= 4 is 5.91 Å². The average Bonchev–Trinajstić information content (AvgIpc) is 3.11. The second-order valence-corrected chi connectivity index (χ2v) is 7.30. The number of amides is 1. The number of benzene rings is 1. The Kier molecular flexibility index (Phi) is 5.91. The summed E-state index contributed by atoms with van der Waals surface area (Å²) in [7, 11) is 1.64. The maximum Gasteiger partial charge on any atom is 0.226 e. The molecule has 6 heteroatoms. The summed E-state index contributed by atoms with van der Waals surface area (Å²) < 4.78 is 7.37. The molecule has 2 heterocycles. The van der Waals surface area contributed by atoms with Crippen LogP contribution in [0.4, 0.5) is 0 Å². The van der Waals surface area contributed by atoms with Gasteiger partial charge in [0.15, 0.2) is 0 Å². The van der Waals surface area contributed by atoms with E-state index in [1.165, 1.54) is 0 Å². The van der Waals surface area contributed by atoms with Crippen LogP contribution < -0.4 is 4.74 Å². The third kappa shape index (κ3) is 4.42. The molecule has 0 N–H and O–H groups in total. The van der Waals surface area contributed by atoms with Crippen LogP contribution in [0.3, 0.4) is 0 Å². The van der Waals surface area contributed by atoms with E-state index in [0.29, 0.717) is 18.4 Å². The van der Waals surface area contributed by atoms with Crippen molar-refractivity contribution in [3.05, 3.63) is 42.0 Å². The first kappa shape index (κ1) is 18.4. The van der Waals surface area contributed by atoms with E-state index in [4.69, 9.17) is 4.74 Å². The number of rotatable bonds is 6. The summed E-state index contributed by atoms with van der Waals surface area (Å²) in [6.07, 6.45) is 5.23. The van der Waals surface area contributed by atoms with Crippen LogP contribution in [-0.2, 0) is 17.6 Å². The maximum atomic E-state index is 12.6. The molecule has 0 aliphatic carbocycles. The molecule has 3 rings (SSSR count). The molecular weight excluding hydrogens is 328 g/mol. The Hall–Kier alpha value is -2.37. The van der Waals surface area contributed by atoms with E-state index in [1.54, 1.807) is 7.11 Å². The van der Waals surface area contributed by atoms with Crippen molar-refractivity contribution in [2.75, 3.05) is 20.2 Å². The van der Waals surface area contributed by atoms with Crippen LogP contribution >= 0.6 is 0 Å². The number of nitrogens with zero attached hydrogens (tertiary/aromatic N) is 4. The van der Waals surface area contributed by atoms with Crippen LogP contribution in [0.2, 0.25) is 0 Å². The fourth-order valence-electron chi connectivity index (χ4n) is 3.56. The molecule has 1 amide bonds. The van der Waals surface area contributed by atoms with Crippen molar-refractivity contribution in [1.29, 1.82) is 0 Å². The SMILES string of the molecule is COc1cccc(CC(=O)N2CCC(Cc3nncn3C(C)C)CC2)c1. The predicted molar refractivity (Wildman–Crippen MR) is 100 cm³/mol. The average molecular weight is 356 g/mol. The summed E-state index contributed by atoms with van der Waals surface area (Å²) >= 11 is 0. The van der Waals surface area contributed by atoms with E-state index in [9.17, 15) is 4.79 Å². The monoisotopic (exact) mass is 356 g/mol. The molecule has 0 atom stereocenters. The number of methoxy groups -OCH3 is 1. The van der Waals surface area contributed by atoms with Gasteiger partial charge in [-0.05, 0) is 50.3 Å². The molecule has 1 aliphatic rings. The highest BCUT2D eigenvalue weighted by Gasteiger charge is 2.24. The topological polar surface area (TPSA) is 60.2 Å². The molecule has 140 valence electrons. The zero-order chi connectivity index (χ0) is 18.5. The summed E-state index contributed by atoms with van der Waals surface area (Å²) in [6, 6.07) is 8.12. The molecule has 1 saturated heterocycles. The minimum absolute atomic E-state index is 0.196. The number of carbonyl (C=O) groups excluding carboxylic acids is 1. The van der Waals surface area contributed by atoms with Crippen molar-refractivity contribution in [3.8, 4) is 5.75 Å². The molecule has 26 heavy (non-hydrogen) atoms. The largest absolute Gasteiger partial charge is 0.497 e. The Morgan fingerprint density at radius 3 is 2.77 bits per heavy atom. The Morgan fingerprint density at radius 1 is 1.31 bits per heavy atom. The highest BCUT2D eigenvalue weighted by molar-refractivity contribution is 5.79. The van der Waals surface area contributed by atoms with E-state index in [1.807, 2.05) is 35.5 Å². The van der Waals surface area contributed by atoms with Crippen molar-refractivity contribution < 1.29 is 9.53 Å². The van der Waals surface area contributed by atoms with Gasteiger partial charge in [-0.3, -0.25) is 4.79 Å². The summed E-state index contributed by atoms with van der Waals surface area (Å²) in [4.78, 5) is 14.6. The Balaban J connectivity index is 1.51. The smallest absolute Gasteiger partial charge is 0.226 e. The zero-order valence-electron chi connectivity index (χ0n) is 15.9. The Bertz CT molecular complexity index is 733. The van der Waals surface area contributed by atoms with E-state index in [-0.39, 0.29) is 5.91 Å². The lowest BCUT2D eigenvalue weighted by atomic mass is 9.92. The molecule has 0 spiro atoms. The second-order valence-electron chi connectivity index (χ2n) is 7.30. The minimum atomic E-state index is 0.196. The van der Waals surface area contributed by atoms with Crippen LogP contribution in [0, 0.1) is 5.92 Å². The first-order valence-corrected chi connectivity index (χ1v) is 9.36. The molecule has 1 aliphatic heterocycles. The number of likely N-dealkylation sites (tertiary alicyclic amines) is 1. The van der Waals surface area contributed by atoms with Gasteiger partial charge in [-0.2, -0.15) is 0 Å². The molecular formula is C20H28N4O2. The second kappa shape index (κ2) is 8.34. The molecule has 2 aromatic rings. The third-order valence-electron chi connectivity index (χ3n) is 5.13. The van der Waals surface area contributed by atoms with Crippen molar-refractivity contribution in [2.45, 2.75) is 45.6 Å². The first-order chi connectivity index (χ1) is 12.6. The van der Waals surface area contributed by atoms with Crippen molar-refractivity contribution in [2.24, 2.45) is 5.92 Å². The molecule has 6 nitrogen and oxygen atoms in total. The summed E-state index contributed by atoms with van der Waals surface area (Å²) in [5.74, 6) is 2.61. The third-order valence-corrected chi connectivity index (χ3v) is 5.13. The first-order valence-electron chi connectivity index (χ1n) is 9.36. The van der Waals surface area contributed by atoms with Gasteiger partial charge >= 0.3 is 0 Å². The van der Waals surface area contributed by atoms with Gasteiger partial charge in [0.1, 0.15) is 17.9 Å². The Labute approximate surface area is 155 Å². The van der Waals surface area contributed by atoms with Crippen molar-refractivity contribution in [3.63, 3.8) is 0 Å². The van der Waals surface area contributed by atoms with Gasteiger partial charge in [-0.1, -0.05) is 12.1 Å². The van der Waals surface area contributed by atoms with Gasteiger partial charge in [0, 0.05) is 25.6 Å².